The molecule has 0 amide bonds. The molecule has 0 aliphatic carbocycles. The summed E-state index contributed by atoms with van der Waals surface area (Å²) in [6, 6.07) is 19.4. The van der Waals surface area contributed by atoms with Gasteiger partial charge >= 0.3 is 11.9 Å². The van der Waals surface area contributed by atoms with E-state index in [1.165, 1.54) is 37.1 Å². The highest BCUT2D eigenvalue weighted by atomic mass is 16.6. The molecule has 176 valence electrons. The van der Waals surface area contributed by atoms with Crippen molar-refractivity contribution in [1.29, 1.82) is 0 Å². The third-order valence-corrected chi connectivity index (χ3v) is 5.28. The lowest BCUT2D eigenvalue weighted by Gasteiger charge is -2.07. The van der Waals surface area contributed by atoms with E-state index in [-0.39, 0.29) is 17.4 Å². The molecule has 3 aromatic rings. The number of benzene rings is 3. The number of non-ortho nitro benzene ring substituents is 1. The molecule has 0 bridgehead atoms. The Bertz CT molecular complexity index is 1110. The lowest BCUT2D eigenvalue weighted by Crippen LogP contribution is -2.08. The zero-order chi connectivity index (χ0) is 24.3. The molecular weight excluding hydrogens is 434 g/mol. The van der Waals surface area contributed by atoms with Crippen LogP contribution in [0.2, 0.25) is 0 Å². The minimum atomic E-state index is -0.558. The Hall–Kier alpha value is -4.00. The number of carbonyl (C=O) groups excluding carboxylic acids is 2. The van der Waals surface area contributed by atoms with Crippen molar-refractivity contribution in [2.75, 3.05) is 0 Å². The summed E-state index contributed by atoms with van der Waals surface area (Å²) in [4.78, 5) is 34.5. The van der Waals surface area contributed by atoms with E-state index in [0.29, 0.717) is 17.7 Å². The molecule has 0 radical (unpaired) electrons. The number of unbranched alkanes of at least 4 members (excludes halogenated alkanes) is 4. The molecule has 0 spiro atoms. The van der Waals surface area contributed by atoms with Crippen LogP contribution in [0.5, 0.6) is 11.5 Å². The molecule has 0 fully saturated rings. The van der Waals surface area contributed by atoms with Crippen LogP contribution >= 0.6 is 0 Å². The van der Waals surface area contributed by atoms with E-state index in [0.717, 1.165) is 30.4 Å². The largest absolute Gasteiger partial charge is 0.427 e. The summed E-state index contributed by atoms with van der Waals surface area (Å²) in [6.07, 6.45) is 5.81. The molecule has 34 heavy (non-hydrogen) atoms. The summed E-state index contributed by atoms with van der Waals surface area (Å²) >= 11 is 0. The van der Waals surface area contributed by atoms with Crippen LogP contribution in [0.4, 0.5) is 5.69 Å². The second-order valence-electron chi connectivity index (χ2n) is 7.88. The van der Waals surface area contributed by atoms with Gasteiger partial charge in [-0.3, -0.25) is 14.9 Å². The molecule has 0 aliphatic rings. The molecule has 0 atom stereocenters. The van der Waals surface area contributed by atoms with E-state index in [2.05, 4.69) is 6.92 Å². The summed E-state index contributed by atoms with van der Waals surface area (Å²) in [5.41, 5.74) is 2.08. The Balaban J connectivity index is 1.53. The van der Waals surface area contributed by atoms with Crippen LogP contribution in [0.3, 0.4) is 0 Å². The van der Waals surface area contributed by atoms with Crippen molar-refractivity contribution in [3.8, 4) is 22.6 Å². The van der Waals surface area contributed by atoms with Gasteiger partial charge in [0.15, 0.2) is 0 Å². The van der Waals surface area contributed by atoms with Crippen LogP contribution in [0.15, 0.2) is 72.8 Å². The van der Waals surface area contributed by atoms with E-state index in [4.69, 9.17) is 9.47 Å². The average Bonchev–Trinajstić information content (AvgIpc) is 2.85. The standard InChI is InChI=1S/C27H27NO6/c1-2-3-4-5-6-7-26(29)33-24-16-12-21(13-17-24)20-8-10-22(11-9-20)27(30)34-25-18-14-23(15-19-25)28(31)32/h8-19H,2-7H2,1H3. The molecular formula is C27H27NO6. The Morgan fingerprint density at radius 3 is 1.85 bits per heavy atom. The molecule has 7 heteroatoms. The van der Waals surface area contributed by atoms with Crippen molar-refractivity contribution in [2.45, 2.75) is 45.4 Å². The van der Waals surface area contributed by atoms with Gasteiger partial charge in [-0.05, 0) is 53.9 Å². The third-order valence-electron chi connectivity index (χ3n) is 5.28. The minimum Gasteiger partial charge on any atom is -0.427 e. The maximum absolute atomic E-state index is 12.4. The topological polar surface area (TPSA) is 95.7 Å². The van der Waals surface area contributed by atoms with Crippen molar-refractivity contribution in [2.24, 2.45) is 0 Å². The van der Waals surface area contributed by atoms with Crippen molar-refractivity contribution in [1.82, 2.24) is 0 Å². The van der Waals surface area contributed by atoms with Crippen LogP contribution < -0.4 is 9.47 Å². The highest BCUT2D eigenvalue weighted by molar-refractivity contribution is 5.91. The lowest BCUT2D eigenvalue weighted by atomic mass is 10.0. The Morgan fingerprint density at radius 1 is 0.735 bits per heavy atom. The quantitative estimate of drug-likeness (QED) is 0.103. The van der Waals surface area contributed by atoms with Gasteiger partial charge in [-0.25, -0.2) is 4.79 Å². The highest BCUT2D eigenvalue weighted by Gasteiger charge is 2.11. The van der Waals surface area contributed by atoms with Crippen molar-refractivity contribution < 1.29 is 24.0 Å². The van der Waals surface area contributed by atoms with E-state index in [1.807, 2.05) is 12.1 Å². The molecule has 3 rings (SSSR count). The summed E-state index contributed by atoms with van der Waals surface area (Å²) in [7, 11) is 0. The van der Waals surface area contributed by atoms with Crippen molar-refractivity contribution >= 4 is 17.6 Å². The number of nitro benzene ring substituents is 1. The van der Waals surface area contributed by atoms with Gasteiger partial charge in [0.2, 0.25) is 0 Å². The zero-order valence-corrected chi connectivity index (χ0v) is 19.1. The molecule has 0 saturated carbocycles. The number of rotatable bonds is 11. The maximum atomic E-state index is 12.4. The first-order valence-corrected chi connectivity index (χ1v) is 11.3. The predicted octanol–water partition coefficient (Wildman–Crippen LogP) is 6.75. The minimum absolute atomic E-state index is 0.0765. The van der Waals surface area contributed by atoms with Gasteiger partial charge in [0, 0.05) is 18.6 Å². The number of nitrogens with zero attached hydrogens (tertiary/aromatic N) is 1. The van der Waals surface area contributed by atoms with Crippen LogP contribution in [0.1, 0.15) is 55.8 Å². The first-order chi connectivity index (χ1) is 16.5. The number of ether oxygens (including phenoxy) is 2. The van der Waals surface area contributed by atoms with Gasteiger partial charge in [-0.15, -0.1) is 0 Å². The summed E-state index contributed by atoms with van der Waals surface area (Å²) in [5, 5.41) is 10.7. The zero-order valence-electron chi connectivity index (χ0n) is 19.1. The van der Waals surface area contributed by atoms with Crippen LogP contribution in [0, 0.1) is 10.1 Å². The second-order valence-corrected chi connectivity index (χ2v) is 7.88. The van der Waals surface area contributed by atoms with E-state index in [9.17, 15) is 19.7 Å². The molecule has 0 saturated heterocycles. The SMILES string of the molecule is CCCCCCCC(=O)Oc1ccc(-c2ccc(C(=O)Oc3ccc([N+](=O)[O-])cc3)cc2)cc1. The first-order valence-electron chi connectivity index (χ1n) is 11.3. The third kappa shape index (κ3) is 7.27. The number of hydrogen-bond acceptors (Lipinski definition) is 6. The Kier molecular flexibility index (Phi) is 8.91. The monoisotopic (exact) mass is 461 g/mol. The number of nitro groups is 1. The van der Waals surface area contributed by atoms with Crippen molar-refractivity contribution in [3.63, 3.8) is 0 Å². The molecule has 0 N–H and O–H groups in total. The molecule has 7 nitrogen and oxygen atoms in total. The van der Waals surface area contributed by atoms with Gasteiger partial charge in [0.05, 0.1) is 10.5 Å². The summed E-state index contributed by atoms with van der Waals surface area (Å²) in [6.45, 7) is 2.16. The average molecular weight is 462 g/mol. The fraction of sp³-hybridized carbons (Fsp3) is 0.259. The maximum Gasteiger partial charge on any atom is 0.343 e. The molecule has 0 unspecified atom stereocenters. The molecule has 0 aromatic heterocycles. The number of carbonyl (C=O) groups is 2. The van der Waals surface area contributed by atoms with Crippen LogP contribution in [-0.4, -0.2) is 16.9 Å². The van der Waals surface area contributed by atoms with E-state index in [1.54, 1.807) is 36.4 Å². The summed E-state index contributed by atoms with van der Waals surface area (Å²) in [5.74, 6) is -0.0473. The molecule has 3 aromatic carbocycles. The number of esters is 2. The second kappa shape index (κ2) is 12.3. The molecule has 0 aliphatic heterocycles. The van der Waals surface area contributed by atoms with Crippen LogP contribution in [-0.2, 0) is 4.79 Å². The normalized spacial score (nSPS) is 10.5. The number of hydrogen-bond donors (Lipinski definition) is 0. The van der Waals surface area contributed by atoms with E-state index < -0.39 is 10.9 Å². The molecule has 0 heterocycles. The summed E-state index contributed by atoms with van der Waals surface area (Å²) < 4.78 is 10.7. The van der Waals surface area contributed by atoms with Crippen LogP contribution in [0.25, 0.3) is 11.1 Å². The van der Waals surface area contributed by atoms with Crippen molar-refractivity contribution in [3.05, 3.63) is 88.5 Å². The fourth-order valence-electron chi connectivity index (χ4n) is 3.37. The van der Waals surface area contributed by atoms with Gasteiger partial charge in [-0.2, -0.15) is 0 Å². The van der Waals surface area contributed by atoms with Gasteiger partial charge in [0.1, 0.15) is 11.5 Å². The first kappa shape index (κ1) is 24.6. The van der Waals surface area contributed by atoms with Gasteiger partial charge < -0.3 is 9.47 Å². The van der Waals surface area contributed by atoms with Gasteiger partial charge in [0.25, 0.3) is 5.69 Å². The Morgan fingerprint density at radius 2 is 1.26 bits per heavy atom. The lowest BCUT2D eigenvalue weighted by molar-refractivity contribution is -0.384. The van der Waals surface area contributed by atoms with Gasteiger partial charge in [-0.1, -0.05) is 56.9 Å². The fourth-order valence-corrected chi connectivity index (χ4v) is 3.37. The highest BCUT2D eigenvalue weighted by Crippen LogP contribution is 2.24. The smallest absolute Gasteiger partial charge is 0.343 e. The predicted molar refractivity (Wildman–Crippen MR) is 129 cm³/mol. The van der Waals surface area contributed by atoms with E-state index >= 15 is 0 Å². The Labute approximate surface area is 198 Å².